The molecule has 0 saturated carbocycles. The van der Waals surface area contributed by atoms with Gasteiger partial charge in [0.15, 0.2) is 0 Å². The molecule has 0 saturated heterocycles. The second-order valence-electron chi connectivity index (χ2n) is 5.81. The highest BCUT2D eigenvalue weighted by atomic mass is 16.6. The maximum absolute atomic E-state index is 12.4. The topological polar surface area (TPSA) is 88.7 Å². The summed E-state index contributed by atoms with van der Waals surface area (Å²) in [4.78, 5) is 17.6. The maximum atomic E-state index is 12.4. The molecule has 1 amide bonds. The van der Waals surface area contributed by atoms with Crippen LogP contribution in [0.4, 0.5) is 5.69 Å². The number of oxime groups is 1. The van der Waals surface area contributed by atoms with E-state index in [0.717, 1.165) is 23.4 Å². The van der Waals surface area contributed by atoms with Crippen LogP contribution in [0.3, 0.4) is 0 Å². The number of nitrogens with zero attached hydrogens (tertiary/aromatic N) is 3. The summed E-state index contributed by atoms with van der Waals surface area (Å²) in [5.74, 6) is -0.316. The Morgan fingerprint density at radius 2 is 2.25 bits per heavy atom. The molecule has 2 aromatic rings. The Balaban J connectivity index is 1.69. The summed E-state index contributed by atoms with van der Waals surface area (Å²) in [6, 6.07) is 5.02. The van der Waals surface area contributed by atoms with E-state index < -0.39 is 6.10 Å². The normalized spacial score (nSPS) is 16.6. The van der Waals surface area contributed by atoms with Crippen LogP contribution in [0.5, 0.6) is 5.75 Å². The molecule has 3 rings (SSSR count). The van der Waals surface area contributed by atoms with Crippen LogP contribution >= 0.6 is 0 Å². The predicted molar refractivity (Wildman–Crippen MR) is 90.1 cm³/mol. The first-order valence-electron chi connectivity index (χ1n) is 7.85. The van der Waals surface area contributed by atoms with Crippen LogP contribution in [0.25, 0.3) is 0 Å². The minimum atomic E-state index is -0.718. The van der Waals surface area contributed by atoms with E-state index in [0.29, 0.717) is 17.8 Å². The Morgan fingerprint density at radius 1 is 1.46 bits per heavy atom. The fraction of sp³-hybridized carbons (Fsp3) is 0.353. The van der Waals surface area contributed by atoms with Crippen molar-refractivity contribution in [3.05, 3.63) is 41.2 Å². The third-order valence-corrected chi connectivity index (χ3v) is 4.08. The molecule has 0 aliphatic carbocycles. The lowest BCUT2D eigenvalue weighted by Gasteiger charge is -2.11. The van der Waals surface area contributed by atoms with Gasteiger partial charge in [0.25, 0.3) is 5.91 Å². The molecule has 7 nitrogen and oxygen atoms in total. The van der Waals surface area contributed by atoms with Gasteiger partial charge in [0.05, 0.1) is 17.6 Å². The lowest BCUT2D eigenvalue weighted by Crippen LogP contribution is -2.28. The van der Waals surface area contributed by atoms with E-state index in [9.17, 15) is 9.90 Å². The van der Waals surface area contributed by atoms with Crippen molar-refractivity contribution in [3.8, 4) is 5.75 Å². The summed E-state index contributed by atoms with van der Waals surface area (Å²) in [5, 5.41) is 20.8. The molecule has 1 aliphatic heterocycles. The number of hydrogen-bond acceptors (Lipinski definition) is 5. The first kappa shape index (κ1) is 16.0. The van der Waals surface area contributed by atoms with Crippen LogP contribution < -0.4 is 5.32 Å². The molecule has 0 fully saturated rings. The number of amides is 1. The zero-order valence-electron chi connectivity index (χ0n) is 13.9. The molecule has 7 heteroatoms. The van der Waals surface area contributed by atoms with Gasteiger partial charge in [-0.1, -0.05) is 11.2 Å². The largest absolute Gasteiger partial charge is 0.506 e. The van der Waals surface area contributed by atoms with E-state index in [2.05, 4.69) is 15.6 Å². The number of carbonyl (C=O) groups is 1. The molecule has 0 radical (unpaired) electrons. The number of carbonyl (C=O) groups excluding carboxylic acids is 1. The van der Waals surface area contributed by atoms with Gasteiger partial charge < -0.3 is 15.3 Å². The van der Waals surface area contributed by atoms with Gasteiger partial charge in [-0.3, -0.25) is 9.48 Å². The molecule has 0 spiro atoms. The maximum Gasteiger partial charge on any atom is 0.268 e. The zero-order chi connectivity index (χ0) is 17.3. The smallest absolute Gasteiger partial charge is 0.268 e. The number of aromatic nitrogens is 2. The molecular formula is C17H20N4O3. The first-order chi connectivity index (χ1) is 11.5. The van der Waals surface area contributed by atoms with Crippen LogP contribution in [0.1, 0.15) is 30.2 Å². The highest BCUT2D eigenvalue weighted by Crippen LogP contribution is 2.26. The van der Waals surface area contributed by atoms with Crippen LogP contribution in [-0.4, -0.2) is 32.6 Å². The summed E-state index contributed by atoms with van der Waals surface area (Å²) in [5.41, 5.74) is 3.91. The van der Waals surface area contributed by atoms with E-state index in [1.165, 1.54) is 0 Å². The Kier molecular flexibility index (Phi) is 4.24. The van der Waals surface area contributed by atoms with Crippen molar-refractivity contribution in [1.82, 2.24) is 9.78 Å². The number of phenolic OH excluding ortho intramolecular Hbond substituents is 1. The second kappa shape index (κ2) is 6.35. The quantitative estimate of drug-likeness (QED) is 0.843. The molecule has 1 atom stereocenters. The van der Waals surface area contributed by atoms with E-state index >= 15 is 0 Å². The lowest BCUT2D eigenvalue weighted by molar-refractivity contribution is -0.125. The molecule has 2 heterocycles. The number of hydrogen-bond donors (Lipinski definition) is 2. The molecule has 0 unspecified atom stereocenters. The Bertz CT molecular complexity index is 810. The van der Waals surface area contributed by atoms with E-state index in [1.54, 1.807) is 24.4 Å². The van der Waals surface area contributed by atoms with Gasteiger partial charge in [0.2, 0.25) is 6.10 Å². The van der Waals surface area contributed by atoms with Crippen LogP contribution in [0, 0.1) is 13.8 Å². The summed E-state index contributed by atoms with van der Waals surface area (Å²) in [6.45, 7) is 6.64. The monoisotopic (exact) mass is 328 g/mol. The first-order valence-corrected chi connectivity index (χ1v) is 7.85. The number of phenols is 1. The third-order valence-electron chi connectivity index (χ3n) is 4.08. The SMILES string of the molecule is CCn1ncc(C2=NO[C@@H](C(=O)Nc3cc(C)ccc3O)C2)c1C. The highest BCUT2D eigenvalue weighted by Gasteiger charge is 2.30. The van der Waals surface area contributed by atoms with Crippen molar-refractivity contribution in [1.29, 1.82) is 0 Å². The van der Waals surface area contributed by atoms with Crippen LogP contribution in [0.2, 0.25) is 0 Å². The Morgan fingerprint density at radius 3 is 2.96 bits per heavy atom. The van der Waals surface area contributed by atoms with Crippen molar-refractivity contribution in [3.63, 3.8) is 0 Å². The molecular weight excluding hydrogens is 308 g/mol. The number of nitrogens with one attached hydrogen (secondary N) is 1. The number of benzene rings is 1. The second-order valence-corrected chi connectivity index (χ2v) is 5.81. The molecule has 1 aromatic heterocycles. The fourth-order valence-corrected chi connectivity index (χ4v) is 2.69. The zero-order valence-corrected chi connectivity index (χ0v) is 13.9. The van der Waals surface area contributed by atoms with Crippen LogP contribution in [-0.2, 0) is 16.2 Å². The molecule has 126 valence electrons. The van der Waals surface area contributed by atoms with Crippen molar-refractivity contribution < 1.29 is 14.7 Å². The number of aryl methyl sites for hydroxylation is 2. The minimum Gasteiger partial charge on any atom is -0.506 e. The van der Waals surface area contributed by atoms with Gasteiger partial charge in [-0.25, -0.2) is 0 Å². The number of aromatic hydroxyl groups is 1. The van der Waals surface area contributed by atoms with E-state index in [4.69, 9.17) is 4.84 Å². The fourth-order valence-electron chi connectivity index (χ4n) is 2.69. The summed E-state index contributed by atoms with van der Waals surface area (Å²) >= 11 is 0. The van der Waals surface area contributed by atoms with Crippen molar-refractivity contribution >= 4 is 17.3 Å². The molecule has 1 aliphatic rings. The van der Waals surface area contributed by atoms with Crippen molar-refractivity contribution in [2.45, 2.75) is 39.8 Å². The van der Waals surface area contributed by atoms with Gasteiger partial charge in [0.1, 0.15) is 5.75 Å². The van der Waals surface area contributed by atoms with Gasteiger partial charge in [-0.15, -0.1) is 0 Å². The van der Waals surface area contributed by atoms with Gasteiger partial charge in [-0.2, -0.15) is 5.10 Å². The average Bonchev–Trinajstić information content (AvgIpc) is 3.17. The van der Waals surface area contributed by atoms with Crippen molar-refractivity contribution in [2.75, 3.05) is 5.32 Å². The molecule has 24 heavy (non-hydrogen) atoms. The standard InChI is InChI=1S/C17H20N4O3/c1-4-21-11(3)12(9-18-21)13-8-16(24-20-13)17(23)19-14-7-10(2)5-6-15(14)22/h5-7,9,16,22H,4,8H2,1-3H3,(H,19,23)/t16-/m1/s1. The summed E-state index contributed by atoms with van der Waals surface area (Å²) < 4.78 is 1.87. The molecule has 1 aromatic carbocycles. The predicted octanol–water partition coefficient (Wildman–Crippen LogP) is 2.36. The summed E-state index contributed by atoms with van der Waals surface area (Å²) in [7, 11) is 0. The number of anilines is 1. The van der Waals surface area contributed by atoms with Gasteiger partial charge in [0, 0.05) is 24.2 Å². The van der Waals surface area contributed by atoms with E-state index in [-0.39, 0.29) is 11.7 Å². The Labute approximate surface area is 139 Å². The van der Waals surface area contributed by atoms with Crippen molar-refractivity contribution in [2.24, 2.45) is 5.16 Å². The van der Waals surface area contributed by atoms with Crippen LogP contribution in [0.15, 0.2) is 29.6 Å². The minimum absolute atomic E-state index is 0.0214. The number of rotatable bonds is 4. The Hall–Kier alpha value is -2.83. The average molecular weight is 328 g/mol. The lowest BCUT2D eigenvalue weighted by atomic mass is 10.1. The third kappa shape index (κ3) is 2.97. The van der Waals surface area contributed by atoms with Gasteiger partial charge in [-0.05, 0) is 38.5 Å². The summed E-state index contributed by atoms with van der Waals surface area (Å²) in [6.07, 6.45) is 1.40. The van der Waals surface area contributed by atoms with Gasteiger partial charge >= 0.3 is 0 Å². The highest BCUT2D eigenvalue weighted by molar-refractivity contribution is 6.06. The van der Waals surface area contributed by atoms with E-state index in [1.807, 2.05) is 25.5 Å². The molecule has 0 bridgehead atoms. The molecule has 2 N–H and O–H groups in total.